The van der Waals surface area contributed by atoms with Crippen molar-refractivity contribution < 1.29 is 19.5 Å². The highest BCUT2D eigenvalue weighted by atomic mass is 32.2. The van der Waals surface area contributed by atoms with Crippen molar-refractivity contribution in [3.63, 3.8) is 0 Å². The highest BCUT2D eigenvalue weighted by Crippen LogP contribution is 2.32. The fraction of sp³-hybridized carbons (Fsp3) is 0.333. The molecule has 26 heavy (non-hydrogen) atoms. The molecule has 0 aromatic heterocycles. The molecule has 8 heteroatoms. The van der Waals surface area contributed by atoms with E-state index >= 15 is 0 Å². The van der Waals surface area contributed by atoms with Gasteiger partial charge in [0.25, 0.3) is 5.91 Å². The Morgan fingerprint density at radius 2 is 1.92 bits per heavy atom. The molecule has 1 aliphatic rings. The van der Waals surface area contributed by atoms with Crippen LogP contribution >= 0.6 is 24.0 Å². The molecule has 138 valence electrons. The predicted octanol–water partition coefficient (Wildman–Crippen LogP) is 2.65. The largest absolute Gasteiger partial charge is 0.481 e. The molecule has 6 nitrogen and oxygen atoms in total. The third-order valence-corrected chi connectivity index (χ3v) is 5.04. The number of hydrogen-bond acceptors (Lipinski definition) is 5. The molecule has 0 atom stereocenters. The van der Waals surface area contributed by atoms with E-state index in [1.165, 1.54) is 16.7 Å². The molecule has 0 aliphatic carbocycles. The Hall–Kier alpha value is -2.19. The number of nitrogens with one attached hydrogen (secondary N) is 1. The van der Waals surface area contributed by atoms with Crippen molar-refractivity contribution in [1.82, 2.24) is 10.2 Å². The van der Waals surface area contributed by atoms with Gasteiger partial charge in [0.2, 0.25) is 5.91 Å². The number of carbonyl (C=O) groups is 3. The summed E-state index contributed by atoms with van der Waals surface area (Å²) in [7, 11) is 0. The summed E-state index contributed by atoms with van der Waals surface area (Å²) in [5.41, 5.74) is 0.902. The van der Waals surface area contributed by atoms with Crippen LogP contribution in [0, 0.1) is 0 Å². The van der Waals surface area contributed by atoms with E-state index in [-0.39, 0.29) is 24.8 Å². The second-order valence-electron chi connectivity index (χ2n) is 5.73. The zero-order valence-electron chi connectivity index (χ0n) is 14.1. The van der Waals surface area contributed by atoms with Crippen LogP contribution in [0.15, 0.2) is 35.2 Å². The average molecular weight is 393 g/mol. The molecule has 0 bridgehead atoms. The molecule has 2 rings (SSSR count). The molecule has 1 heterocycles. The Kier molecular flexibility index (Phi) is 7.80. The van der Waals surface area contributed by atoms with Crippen LogP contribution in [0.25, 0.3) is 6.08 Å². The first-order valence-electron chi connectivity index (χ1n) is 8.26. The van der Waals surface area contributed by atoms with Gasteiger partial charge in [0, 0.05) is 13.0 Å². The van der Waals surface area contributed by atoms with Gasteiger partial charge in [-0.2, -0.15) is 0 Å². The van der Waals surface area contributed by atoms with Crippen LogP contribution in [0.4, 0.5) is 0 Å². The molecular formula is C18H20N2O4S2. The summed E-state index contributed by atoms with van der Waals surface area (Å²) in [6.07, 6.45) is 3.92. The van der Waals surface area contributed by atoms with Gasteiger partial charge in [0.15, 0.2) is 0 Å². The first-order valence-corrected chi connectivity index (χ1v) is 9.49. The second-order valence-corrected chi connectivity index (χ2v) is 7.41. The predicted molar refractivity (Wildman–Crippen MR) is 105 cm³/mol. The molecule has 1 aromatic carbocycles. The van der Waals surface area contributed by atoms with Crippen molar-refractivity contribution in [2.75, 3.05) is 13.1 Å². The van der Waals surface area contributed by atoms with Crippen molar-refractivity contribution in [1.29, 1.82) is 0 Å². The summed E-state index contributed by atoms with van der Waals surface area (Å²) in [5.74, 6) is -1.35. The van der Waals surface area contributed by atoms with Gasteiger partial charge < -0.3 is 10.4 Å². The number of hydrogen-bond donors (Lipinski definition) is 2. The number of thioether (sulfide) groups is 1. The van der Waals surface area contributed by atoms with Gasteiger partial charge in [-0.15, -0.1) is 0 Å². The lowest BCUT2D eigenvalue weighted by Gasteiger charge is -2.14. The minimum atomic E-state index is -0.813. The van der Waals surface area contributed by atoms with Crippen LogP contribution in [0.1, 0.15) is 31.2 Å². The molecule has 0 saturated carbocycles. The average Bonchev–Trinajstić information content (AvgIpc) is 2.86. The minimum Gasteiger partial charge on any atom is -0.481 e. The quantitative estimate of drug-likeness (QED) is 0.382. The monoisotopic (exact) mass is 392 g/mol. The van der Waals surface area contributed by atoms with Gasteiger partial charge in [-0.3, -0.25) is 19.3 Å². The van der Waals surface area contributed by atoms with Crippen LogP contribution in [-0.2, 0) is 14.4 Å². The van der Waals surface area contributed by atoms with E-state index < -0.39 is 5.97 Å². The lowest BCUT2D eigenvalue weighted by atomic mass is 10.2. The number of carbonyl (C=O) groups excluding carboxylic acids is 2. The van der Waals surface area contributed by atoms with Gasteiger partial charge in [-0.05, 0) is 24.5 Å². The Labute approximate surface area is 161 Å². The van der Waals surface area contributed by atoms with E-state index in [1.54, 1.807) is 6.08 Å². The molecule has 0 unspecified atom stereocenters. The summed E-state index contributed by atoms with van der Waals surface area (Å²) in [6, 6.07) is 9.45. The molecule has 0 radical (unpaired) electrons. The SMILES string of the molecule is O=C(O)CCCCCNC(=O)CN1C(=O)C(=Cc2ccccc2)SC1=S. The first-order chi connectivity index (χ1) is 12.5. The van der Waals surface area contributed by atoms with Gasteiger partial charge in [-0.25, -0.2) is 0 Å². The molecule has 1 fully saturated rings. The highest BCUT2D eigenvalue weighted by Gasteiger charge is 2.33. The Balaban J connectivity index is 1.79. The number of aliphatic carboxylic acids is 1. The number of rotatable bonds is 9. The van der Waals surface area contributed by atoms with Crippen molar-refractivity contribution in [3.05, 3.63) is 40.8 Å². The first kappa shape index (κ1) is 20.1. The fourth-order valence-electron chi connectivity index (χ4n) is 2.34. The molecule has 2 amide bonds. The summed E-state index contributed by atoms with van der Waals surface area (Å²) in [6.45, 7) is 0.346. The van der Waals surface area contributed by atoms with Crippen molar-refractivity contribution >= 4 is 52.2 Å². The maximum absolute atomic E-state index is 12.4. The number of carboxylic acids is 1. The van der Waals surface area contributed by atoms with Crippen LogP contribution in [0.2, 0.25) is 0 Å². The molecule has 2 N–H and O–H groups in total. The zero-order chi connectivity index (χ0) is 18.9. The standard InChI is InChI=1S/C18H20N2O4S2/c21-15(19-10-6-2-5-9-16(22)23)12-20-17(24)14(26-18(20)25)11-13-7-3-1-4-8-13/h1,3-4,7-8,11H,2,5-6,9-10,12H2,(H,19,21)(H,22,23). The number of amides is 2. The third-order valence-electron chi connectivity index (χ3n) is 3.66. The molecule has 1 aromatic rings. The number of thiocarbonyl (C=S) groups is 1. The van der Waals surface area contributed by atoms with Crippen molar-refractivity contribution in [2.45, 2.75) is 25.7 Å². The smallest absolute Gasteiger partial charge is 0.303 e. The Bertz CT molecular complexity index is 719. The molecule has 0 spiro atoms. The van der Waals surface area contributed by atoms with Gasteiger partial charge in [-0.1, -0.05) is 60.7 Å². The lowest BCUT2D eigenvalue weighted by Crippen LogP contribution is -2.39. The number of nitrogens with zero attached hydrogens (tertiary/aromatic N) is 1. The maximum atomic E-state index is 12.4. The second kappa shape index (κ2) is 10.1. The van der Waals surface area contributed by atoms with Gasteiger partial charge in [0.05, 0.1) is 4.91 Å². The number of unbranched alkanes of at least 4 members (excludes halogenated alkanes) is 2. The number of carboxylic acid groups (broad SMARTS) is 1. The molecule has 1 aliphatic heterocycles. The third kappa shape index (κ3) is 6.27. The minimum absolute atomic E-state index is 0.105. The van der Waals surface area contributed by atoms with E-state index in [0.717, 1.165) is 12.0 Å². The maximum Gasteiger partial charge on any atom is 0.303 e. The normalized spacial score (nSPS) is 15.5. The zero-order valence-corrected chi connectivity index (χ0v) is 15.8. The van der Waals surface area contributed by atoms with Crippen molar-refractivity contribution in [2.24, 2.45) is 0 Å². The molecule has 1 saturated heterocycles. The van der Waals surface area contributed by atoms with E-state index in [4.69, 9.17) is 17.3 Å². The summed E-state index contributed by atoms with van der Waals surface area (Å²) in [5, 5.41) is 11.3. The lowest BCUT2D eigenvalue weighted by molar-refractivity contribution is -0.137. The van der Waals surface area contributed by atoms with Crippen molar-refractivity contribution in [3.8, 4) is 0 Å². The van der Waals surface area contributed by atoms with E-state index in [1.807, 2.05) is 30.3 Å². The topological polar surface area (TPSA) is 86.7 Å². The molecular weight excluding hydrogens is 372 g/mol. The van der Waals surface area contributed by atoms with Gasteiger partial charge in [0.1, 0.15) is 10.9 Å². The summed E-state index contributed by atoms with van der Waals surface area (Å²) < 4.78 is 0.369. The highest BCUT2D eigenvalue weighted by molar-refractivity contribution is 8.26. The Morgan fingerprint density at radius 1 is 1.19 bits per heavy atom. The van der Waals surface area contributed by atoms with Gasteiger partial charge >= 0.3 is 5.97 Å². The van der Waals surface area contributed by atoms with Crippen LogP contribution < -0.4 is 5.32 Å². The Morgan fingerprint density at radius 3 is 2.62 bits per heavy atom. The van der Waals surface area contributed by atoms with E-state index in [2.05, 4.69) is 5.32 Å². The van der Waals surface area contributed by atoms with Crippen LogP contribution in [-0.4, -0.2) is 45.2 Å². The summed E-state index contributed by atoms with van der Waals surface area (Å²) in [4.78, 5) is 36.7. The summed E-state index contributed by atoms with van der Waals surface area (Å²) >= 11 is 6.40. The number of benzene rings is 1. The van der Waals surface area contributed by atoms with Crippen LogP contribution in [0.3, 0.4) is 0 Å². The van der Waals surface area contributed by atoms with Crippen LogP contribution in [0.5, 0.6) is 0 Å². The van der Waals surface area contributed by atoms with E-state index in [0.29, 0.717) is 28.6 Å². The van der Waals surface area contributed by atoms with E-state index in [9.17, 15) is 14.4 Å². The fourth-order valence-corrected chi connectivity index (χ4v) is 3.60.